The molecule has 33 heavy (non-hydrogen) atoms. The standard InChI is InChI=1S/C25H29N3O4S/c1-5-28(24(30)32-25(2,3)4)14-19-9-6-7-12-22(19)27-23(29)18-10-8-11-21(13-18)31-15-20-16-33-17-26-20/h6-13,16-17H,5,14-15H2,1-4H3,(H,27,29). The summed E-state index contributed by atoms with van der Waals surface area (Å²) in [5, 5.41) is 4.88. The number of para-hydroxylation sites is 1. The predicted octanol–water partition coefficient (Wildman–Crippen LogP) is 5.73. The predicted molar refractivity (Wildman–Crippen MR) is 130 cm³/mol. The van der Waals surface area contributed by atoms with Crippen molar-refractivity contribution in [2.75, 3.05) is 11.9 Å². The Morgan fingerprint density at radius 2 is 1.91 bits per heavy atom. The van der Waals surface area contributed by atoms with E-state index in [0.717, 1.165) is 11.3 Å². The van der Waals surface area contributed by atoms with Gasteiger partial charge >= 0.3 is 6.09 Å². The van der Waals surface area contributed by atoms with E-state index in [1.807, 2.05) is 57.3 Å². The van der Waals surface area contributed by atoms with Crippen LogP contribution in [0.4, 0.5) is 10.5 Å². The minimum absolute atomic E-state index is 0.262. The highest BCUT2D eigenvalue weighted by Gasteiger charge is 2.22. The molecule has 0 fully saturated rings. The molecule has 0 aliphatic rings. The summed E-state index contributed by atoms with van der Waals surface area (Å²) < 4.78 is 11.3. The normalized spacial score (nSPS) is 11.0. The van der Waals surface area contributed by atoms with Crippen LogP contribution in [0, 0.1) is 0 Å². The molecule has 1 aromatic heterocycles. The number of carbonyl (C=O) groups excluding carboxylic acids is 2. The molecule has 8 heteroatoms. The Kier molecular flexibility index (Phi) is 8.06. The molecule has 0 saturated carbocycles. The van der Waals surface area contributed by atoms with Crippen molar-refractivity contribution in [2.24, 2.45) is 0 Å². The molecule has 0 bridgehead atoms. The molecule has 1 heterocycles. The van der Waals surface area contributed by atoms with Gasteiger partial charge in [-0.3, -0.25) is 4.79 Å². The Hall–Kier alpha value is -3.39. The molecule has 3 rings (SSSR count). The van der Waals surface area contributed by atoms with Gasteiger partial charge in [0.2, 0.25) is 0 Å². The lowest BCUT2D eigenvalue weighted by Gasteiger charge is -2.27. The smallest absolute Gasteiger partial charge is 0.410 e. The SMILES string of the molecule is CCN(Cc1ccccc1NC(=O)c1cccc(OCc2cscn2)c1)C(=O)OC(C)(C)C. The molecule has 0 radical (unpaired) electrons. The first kappa shape index (κ1) is 24.3. The van der Waals surface area contributed by atoms with Gasteiger partial charge < -0.3 is 19.7 Å². The van der Waals surface area contributed by atoms with Crippen molar-refractivity contribution in [1.29, 1.82) is 0 Å². The van der Waals surface area contributed by atoms with Crippen molar-refractivity contribution >= 4 is 29.0 Å². The molecule has 0 spiro atoms. The first-order valence-corrected chi connectivity index (χ1v) is 11.7. The van der Waals surface area contributed by atoms with Gasteiger partial charge in [0, 0.05) is 23.2 Å². The summed E-state index contributed by atoms with van der Waals surface area (Å²) in [6, 6.07) is 14.4. The van der Waals surface area contributed by atoms with Crippen LogP contribution in [0.15, 0.2) is 59.4 Å². The maximum atomic E-state index is 12.9. The molecule has 0 aliphatic heterocycles. The van der Waals surface area contributed by atoms with Crippen molar-refractivity contribution in [2.45, 2.75) is 46.4 Å². The highest BCUT2D eigenvalue weighted by atomic mass is 32.1. The first-order chi connectivity index (χ1) is 15.7. The van der Waals surface area contributed by atoms with Gasteiger partial charge in [0.1, 0.15) is 18.0 Å². The quantitative estimate of drug-likeness (QED) is 0.457. The fraction of sp³-hybridized carbons (Fsp3) is 0.320. The number of hydrogen-bond donors (Lipinski definition) is 1. The second-order valence-corrected chi connectivity index (χ2v) is 9.12. The number of nitrogens with one attached hydrogen (secondary N) is 1. The second kappa shape index (κ2) is 11.0. The van der Waals surface area contributed by atoms with Gasteiger partial charge in [0.05, 0.1) is 17.7 Å². The van der Waals surface area contributed by atoms with Crippen LogP contribution < -0.4 is 10.1 Å². The van der Waals surface area contributed by atoms with Crippen molar-refractivity contribution in [3.63, 3.8) is 0 Å². The zero-order valence-corrected chi connectivity index (χ0v) is 20.1. The van der Waals surface area contributed by atoms with Crippen LogP contribution in [0.2, 0.25) is 0 Å². The summed E-state index contributed by atoms with van der Waals surface area (Å²) in [6.45, 7) is 8.54. The maximum absolute atomic E-state index is 12.9. The molecule has 0 saturated heterocycles. The lowest BCUT2D eigenvalue weighted by molar-refractivity contribution is 0.0245. The van der Waals surface area contributed by atoms with Crippen LogP contribution in [0.3, 0.4) is 0 Å². The number of amides is 2. The highest BCUT2D eigenvalue weighted by molar-refractivity contribution is 7.07. The average molecular weight is 468 g/mol. The number of aromatic nitrogens is 1. The van der Waals surface area contributed by atoms with E-state index in [4.69, 9.17) is 9.47 Å². The van der Waals surface area contributed by atoms with Gasteiger partial charge in [0.25, 0.3) is 5.91 Å². The fourth-order valence-corrected chi connectivity index (χ4v) is 3.55. The van der Waals surface area contributed by atoms with E-state index in [1.54, 1.807) is 34.7 Å². The van der Waals surface area contributed by atoms with E-state index in [2.05, 4.69) is 10.3 Å². The molecule has 2 amide bonds. The molecular formula is C25H29N3O4S. The summed E-state index contributed by atoms with van der Waals surface area (Å²) in [4.78, 5) is 31.3. The number of rotatable bonds is 8. The minimum atomic E-state index is -0.579. The molecule has 0 aliphatic carbocycles. The van der Waals surface area contributed by atoms with Crippen LogP contribution >= 0.6 is 11.3 Å². The van der Waals surface area contributed by atoms with Crippen molar-refractivity contribution in [3.05, 3.63) is 76.2 Å². The Morgan fingerprint density at radius 1 is 1.12 bits per heavy atom. The summed E-state index contributed by atoms with van der Waals surface area (Å²) >= 11 is 1.51. The summed E-state index contributed by atoms with van der Waals surface area (Å²) in [5.74, 6) is 0.327. The minimum Gasteiger partial charge on any atom is -0.487 e. The summed E-state index contributed by atoms with van der Waals surface area (Å²) in [5.41, 5.74) is 3.94. The monoisotopic (exact) mass is 467 g/mol. The molecule has 1 N–H and O–H groups in total. The molecule has 0 atom stereocenters. The Balaban J connectivity index is 1.69. The van der Waals surface area contributed by atoms with E-state index in [1.165, 1.54) is 11.3 Å². The van der Waals surface area contributed by atoms with Crippen LogP contribution in [0.25, 0.3) is 0 Å². The molecular weight excluding hydrogens is 438 g/mol. The number of benzene rings is 2. The molecule has 0 unspecified atom stereocenters. The topological polar surface area (TPSA) is 80.8 Å². The Morgan fingerprint density at radius 3 is 2.61 bits per heavy atom. The average Bonchev–Trinajstić information content (AvgIpc) is 3.29. The third kappa shape index (κ3) is 7.32. The van der Waals surface area contributed by atoms with E-state index in [9.17, 15) is 9.59 Å². The maximum Gasteiger partial charge on any atom is 0.410 e. The first-order valence-electron chi connectivity index (χ1n) is 10.7. The van der Waals surface area contributed by atoms with Gasteiger partial charge in [-0.1, -0.05) is 24.3 Å². The lowest BCUT2D eigenvalue weighted by atomic mass is 10.1. The Labute approximate surface area is 198 Å². The van der Waals surface area contributed by atoms with Crippen molar-refractivity contribution in [1.82, 2.24) is 9.88 Å². The Bertz CT molecular complexity index is 1080. The zero-order valence-electron chi connectivity index (χ0n) is 19.3. The number of nitrogens with zero attached hydrogens (tertiary/aromatic N) is 2. The third-order valence-electron chi connectivity index (χ3n) is 4.63. The molecule has 174 valence electrons. The fourth-order valence-electron chi connectivity index (χ4n) is 3.01. The molecule has 2 aromatic carbocycles. The number of carbonyl (C=O) groups is 2. The van der Waals surface area contributed by atoms with E-state index in [-0.39, 0.29) is 5.91 Å². The van der Waals surface area contributed by atoms with Crippen LogP contribution in [-0.4, -0.2) is 34.0 Å². The number of ether oxygens (including phenoxy) is 2. The van der Waals surface area contributed by atoms with Crippen LogP contribution in [0.5, 0.6) is 5.75 Å². The van der Waals surface area contributed by atoms with E-state index >= 15 is 0 Å². The van der Waals surface area contributed by atoms with Gasteiger partial charge in [0.15, 0.2) is 0 Å². The summed E-state index contributed by atoms with van der Waals surface area (Å²) in [6.07, 6.45) is -0.393. The van der Waals surface area contributed by atoms with E-state index < -0.39 is 11.7 Å². The summed E-state index contributed by atoms with van der Waals surface area (Å²) in [7, 11) is 0. The van der Waals surface area contributed by atoms with Gasteiger partial charge in [-0.05, 0) is 57.5 Å². The molecule has 7 nitrogen and oxygen atoms in total. The van der Waals surface area contributed by atoms with E-state index in [0.29, 0.717) is 36.7 Å². The van der Waals surface area contributed by atoms with Gasteiger partial charge in [-0.25, -0.2) is 9.78 Å². The van der Waals surface area contributed by atoms with Gasteiger partial charge in [-0.2, -0.15) is 0 Å². The largest absolute Gasteiger partial charge is 0.487 e. The third-order valence-corrected chi connectivity index (χ3v) is 5.26. The van der Waals surface area contributed by atoms with Gasteiger partial charge in [-0.15, -0.1) is 11.3 Å². The molecule has 3 aromatic rings. The zero-order chi connectivity index (χ0) is 23.8. The van der Waals surface area contributed by atoms with Crippen LogP contribution in [-0.2, 0) is 17.9 Å². The number of thiazole rings is 1. The number of anilines is 1. The lowest BCUT2D eigenvalue weighted by Crippen LogP contribution is -2.36. The van der Waals surface area contributed by atoms with Crippen molar-refractivity contribution < 1.29 is 19.1 Å². The van der Waals surface area contributed by atoms with Crippen molar-refractivity contribution in [3.8, 4) is 5.75 Å². The number of hydrogen-bond acceptors (Lipinski definition) is 6. The highest BCUT2D eigenvalue weighted by Crippen LogP contribution is 2.21. The second-order valence-electron chi connectivity index (χ2n) is 8.40. The van der Waals surface area contributed by atoms with Crippen LogP contribution in [0.1, 0.15) is 49.3 Å².